The number of hydrogen-bond donors (Lipinski definition) is 3. The first-order valence-corrected chi connectivity index (χ1v) is 10.5. The fraction of sp³-hybridized carbons (Fsp3) is 0.348. The molecule has 0 aliphatic heterocycles. The van der Waals surface area contributed by atoms with E-state index in [1.807, 2.05) is 60.7 Å². The summed E-state index contributed by atoms with van der Waals surface area (Å²) in [7, 11) is 1.27. The molecule has 2 amide bonds. The van der Waals surface area contributed by atoms with Crippen LogP contribution in [0.15, 0.2) is 60.7 Å². The van der Waals surface area contributed by atoms with Gasteiger partial charge in [0.05, 0.1) is 7.11 Å². The van der Waals surface area contributed by atoms with E-state index >= 15 is 0 Å². The number of carbonyl (C=O) groups is 3. The summed E-state index contributed by atoms with van der Waals surface area (Å²) in [6.45, 7) is 0. The summed E-state index contributed by atoms with van der Waals surface area (Å²) in [5.41, 5.74) is 1.96. The zero-order chi connectivity index (χ0) is 21.8. The number of methoxy groups -OCH3 is 1. The number of hydrogen-bond acceptors (Lipinski definition) is 5. The quantitative estimate of drug-likeness (QED) is 0.379. The van der Waals surface area contributed by atoms with Crippen LogP contribution in [0.3, 0.4) is 0 Å². The average molecular weight is 429 g/mol. The molecule has 0 aliphatic carbocycles. The third-order valence-electron chi connectivity index (χ3n) is 4.64. The van der Waals surface area contributed by atoms with E-state index in [4.69, 9.17) is 4.74 Å². The van der Waals surface area contributed by atoms with Crippen molar-refractivity contribution in [3.8, 4) is 0 Å². The van der Waals surface area contributed by atoms with Crippen molar-refractivity contribution in [1.82, 2.24) is 10.6 Å². The SMILES string of the molecule is COC(=O)[C@@H](CCS)NC(=O)[C@H](Cc1ccccc1)NC(=O)CCc1ccccc1. The highest BCUT2D eigenvalue weighted by molar-refractivity contribution is 7.80. The minimum absolute atomic E-state index is 0.223. The number of carbonyl (C=O) groups excluding carboxylic acids is 3. The van der Waals surface area contributed by atoms with E-state index in [0.717, 1.165) is 11.1 Å². The maximum atomic E-state index is 12.9. The topological polar surface area (TPSA) is 84.5 Å². The van der Waals surface area contributed by atoms with Gasteiger partial charge >= 0.3 is 5.97 Å². The third kappa shape index (κ3) is 7.91. The molecule has 2 N–H and O–H groups in total. The minimum Gasteiger partial charge on any atom is -0.467 e. The van der Waals surface area contributed by atoms with Gasteiger partial charge in [-0.2, -0.15) is 12.6 Å². The van der Waals surface area contributed by atoms with Gasteiger partial charge in [-0.3, -0.25) is 9.59 Å². The lowest BCUT2D eigenvalue weighted by molar-refractivity contribution is -0.145. The lowest BCUT2D eigenvalue weighted by Crippen LogP contribution is -2.52. The summed E-state index contributed by atoms with van der Waals surface area (Å²) >= 11 is 4.14. The highest BCUT2D eigenvalue weighted by Crippen LogP contribution is 2.07. The average Bonchev–Trinajstić information content (AvgIpc) is 2.77. The zero-order valence-electron chi connectivity index (χ0n) is 17.0. The summed E-state index contributed by atoms with van der Waals surface area (Å²) < 4.78 is 4.76. The van der Waals surface area contributed by atoms with Crippen molar-refractivity contribution in [1.29, 1.82) is 0 Å². The van der Waals surface area contributed by atoms with E-state index in [1.165, 1.54) is 7.11 Å². The second-order valence-electron chi connectivity index (χ2n) is 6.89. The van der Waals surface area contributed by atoms with Crippen LogP contribution in [0, 0.1) is 0 Å². The molecule has 0 aliphatic rings. The van der Waals surface area contributed by atoms with Gasteiger partial charge in [0.1, 0.15) is 12.1 Å². The molecule has 2 atom stereocenters. The van der Waals surface area contributed by atoms with Crippen molar-refractivity contribution in [3.63, 3.8) is 0 Å². The van der Waals surface area contributed by atoms with Crippen LogP contribution in [-0.2, 0) is 32.0 Å². The van der Waals surface area contributed by atoms with Gasteiger partial charge in [-0.15, -0.1) is 0 Å². The third-order valence-corrected chi connectivity index (χ3v) is 4.90. The molecule has 0 bridgehead atoms. The first kappa shape index (κ1) is 23.5. The number of aryl methyl sites for hydroxylation is 1. The summed E-state index contributed by atoms with van der Waals surface area (Å²) in [5, 5.41) is 5.51. The van der Waals surface area contributed by atoms with Gasteiger partial charge in [0, 0.05) is 12.8 Å². The van der Waals surface area contributed by atoms with E-state index in [9.17, 15) is 14.4 Å². The molecule has 0 fully saturated rings. The molecule has 0 radical (unpaired) electrons. The molecule has 0 saturated carbocycles. The molecule has 0 spiro atoms. The van der Waals surface area contributed by atoms with E-state index in [1.54, 1.807) is 0 Å². The van der Waals surface area contributed by atoms with Crippen LogP contribution < -0.4 is 10.6 Å². The van der Waals surface area contributed by atoms with Gasteiger partial charge < -0.3 is 15.4 Å². The van der Waals surface area contributed by atoms with Crippen LogP contribution in [0.25, 0.3) is 0 Å². The predicted molar refractivity (Wildman–Crippen MR) is 119 cm³/mol. The second kappa shape index (κ2) is 12.7. The first-order valence-electron chi connectivity index (χ1n) is 9.89. The van der Waals surface area contributed by atoms with Crippen LogP contribution in [0.2, 0.25) is 0 Å². The number of thiol groups is 1. The van der Waals surface area contributed by atoms with E-state index in [-0.39, 0.29) is 12.3 Å². The van der Waals surface area contributed by atoms with E-state index in [0.29, 0.717) is 25.0 Å². The molecule has 30 heavy (non-hydrogen) atoms. The van der Waals surface area contributed by atoms with Gasteiger partial charge in [0.25, 0.3) is 0 Å². The molecular weight excluding hydrogens is 400 g/mol. The molecule has 0 saturated heterocycles. The van der Waals surface area contributed by atoms with Crippen molar-refractivity contribution in [3.05, 3.63) is 71.8 Å². The lowest BCUT2D eigenvalue weighted by Gasteiger charge is -2.22. The molecule has 160 valence electrons. The van der Waals surface area contributed by atoms with Gasteiger partial charge in [-0.25, -0.2) is 4.79 Å². The van der Waals surface area contributed by atoms with Crippen LogP contribution in [-0.4, -0.2) is 42.7 Å². The van der Waals surface area contributed by atoms with Gasteiger partial charge in [0.15, 0.2) is 0 Å². The Morgan fingerprint density at radius 2 is 1.50 bits per heavy atom. The maximum absolute atomic E-state index is 12.9. The molecule has 2 aromatic rings. The zero-order valence-corrected chi connectivity index (χ0v) is 17.9. The Hall–Kier alpha value is -2.80. The van der Waals surface area contributed by atoms with Gasteiger partial charge in [0.2, 0.25) is 11.8 Å². The number of rotatable bonds is 11. The Kier molecular flexibility index (Phi) is 9.94. The Labute approximate surface area is 182 Å². The van der Waals surface area contributed by atoms with Gasteiger partial charge in [-0.05, 0) is 29.7 Å². The van der Waals surface area contributed by atoms with Crippen molar-refractivity contribution in [2.75, 3.05) is 12.9 Å². The predicted octanol–water partition coefficient (Wildman–Crippen LogP) is 2.32. The van der Waals surface area contributed by atoms with Crippen molar-refractivity contribution in [2.24, 2.45) is 0 Å². The highest BCUT2D eigenvalue weighted by atomic mass is 32.1. The second-order valence-corrected chi connectivity index (χ2v) is 7.34. The Balaban J connectivity index is 2.05. The molecule has 2 aromatic carbocycles. The number of benzene rings is 2. The Bertz CT molecular complexity index is 814. The smallest absolute Gasteiger partial charge is 0.328 e. The minimum atomic E-state index is -0.806. The number of esters is 1. The van der Waals surface area contributed by atoms with Crippen LogP contribution in [0.1, 0.15) is 24.0 Å². The summed E-state index contributed by atoms with van der Waals surface area (Å²) in [4.78, 5) is 37.4. The molecule has 6 nitrogen and oxygen atoms in total. The molecule has 0 aromatic heterocycles. The Morgan fingerprint density at radius 3 is 2.07 bits per heavy atom. The molecule has 2 rings (SSSR count). The monoisotopic (exact) mass is 428 g/mol. The fourth-order valence-electron chi connectivity index (χ4n) is 3.02. The summed E-state index contributed by atoms with van der Waals surface area (Å²) in [5.74, 6) is -0.776. The number of ether oxygens (including phenoxy) is 1. The highest BCUT2D eigenvalue weighted by Gasteiger charge is 2.27. The standard InChI is InChI=1S/C23H28N2O4S/c1-29-23(28)19(14-15-30)25-22(27)20(16-18-10-6-3-7-11-18)24-21(26)13-12-17-8-4-2-5-9-17/h2-11,19-20,30H,12-16H2,1H3,(H,24,26)(H,25,27)/t19-,20+/m1/s1. The largest absolute Gasteiger partial charge is 0.467 e. The van der Waals surface area contributed by atoms with E-state index < -0.39 is 24.0 Å². The number of amides is 2. The van der Waals surface area contributed by atoms with Crippen LogP contribution in [0.5, 0.6) is 0 Å². The van der Waals surface area contributed by atoms with Crippen molar-refractivity contribution >= 4 is 30.4 Å². The summed E-state index contributed by atoms with van der Waals surface area (Å²) in [6, 6.07) is 17.5. The fourth-order valence-corrected chi connectivity index (χ4v) is 3.28. The van der Waals surface area contributed by atoms with Crippen molar-refractivity contribution < 1.29 is 19.1 Å². The number of nitrogens with one attached hydrogen (secondary N) is 2. The lowest BCUT2D eigenvalue weighted by atomic mass is 10.0. The molecule has 7 heteroatoms. The Morgan fingerprint density at radius 1 is 0.900 bits per heavy atom. The normalized spacial score (nSPS) is 12.5. The first-order chi connectivity index (χ1) is 14.5. The van der Waals surface area contributed by atoms with Gasteiger partial charge in [-0.1, -0.05) is 60.7 Å². The maximum Gasteiger partial charge on any atom is 0.328 e. The van der Waals surface area contributed by atoms with E-state index in [2.05, 4.69) is 23.3 Å². The summed E-state index contributed by atoms with van der Waals surface area (Å²) in [6.07, 6.45) is 1.50. The molecular formula is C23H28N2O4S. The van der Waals surface area contributed by atoms with Crippen LogP contribution in [0.4, 0.5) is 0 Å². The molecule has 0 heterocycles. The van der Waals surface area contributed by atoms with Crippen molar-refractivity contribution in [2.45, 2.75) is 37.8 Å². The van der Waals surface area contributed by atoms with Crippen LogP contribution >= 0.6 is 12.6 Å². The molecule has 0 unspecified atom stereocenters.